The van der Waals surface area contributed by atoms with Gasteiger partial charge in [-0.2, -0.15) is 4.98 Å². The third-order valence-corrected chi connectivity index (χ3v) is 4.09. The molecule has 3 heterocycles. The van der Waals surface area contributed by atoms with Gasteiger partial charge in [0, 0.05) is 13.6 Å². The number of benzene rings is 1. The fourth-order valence-corrected chi connectivity index (χ4v) is 2.96. The van der Waals surface area contributed by atoms with E-state index in [1.165, 1.54) is 17.7 Å². The third-order valence-electron chi connectivity index (χ3n) is 4.09. The maximum absolute atomic E-state index is 13.2. The van der Waals surface area contributed by atoms with E-state index in [2.05, 4.69) is 26.1 Å². The number of rotatable bonds is 2. The van der Waals surface area contributed by atoms with E-state index in [-0.39, 0.29) is 5.82 Å². The van der Waals surface area contributed by atoms with Crippen LogP contribution in [0.25, 0.3) is 0 Å². The number of halogens is 1. The average Bonchev–Trinajstić information content (AvgIpc) is 2.95. The summed E-state index contributed by atoms with van der Waals surface area (Å²) in [6.45, 7) is 1.28. The van der Waals surface area contributed by atoms with Crippen LogP contribution < -0.4 is 21.8 Å². The Hall–Kier alpha value is -2.41. The fourth-order valence-electron chi connectivity index (χ4n) is 2.96. The topological polar surface area (TPSA) is 66.3 Å². The van der Waals surface area contributed by atoms with Crippen molar-refractivity contribution >= 4 is 11.6 Å². The fraction of sp³-hybridized carbons (Fsp3) is 0.333. The van der Waals surface area contributed by atoms with Gasteiger partial charge in [0.25, 0.3) is 0 Å². The summed E-state index contributed by atoms with van der Waals surface area (Å²) in [7, 11) is 1.93. The van der Waals surface area contributed by atoms with Crippen LogP contribution in [0.1, 0.15) is 23.6 Å². The van der Waals surface area contributed by atoms with Crippen LogP contribution in [0.5, 0.6) is 0 Å². The molecule has 0 bridgehead atoms. The summed E-state index contributed by atoms with van der Waals surface area (Å²) in [6, 6.07) is 6.77. The second kappa shape index (κ2) is 5.10. The number of nitrogens with one attached hydrogen (secondary N) is 3. The molecule has 0 amide bonds. The second-order valence-electron chi connectivity index (χ2n) is 5.57. The van der Waals surface area contributed by atoms with Crippen molar-refractivity contribution in [2.75, 3.05) is 17.3 Å². The van der Waals surface area contributed by atoms with Gasteiger partial charge in [0.05, 0.1) is 18.2 Å². The lowest BCUT2D eigenvalue weighted by atomic mass is 10.0. The molecule has 0 fully saturated rings. The molecule has 1 atom stereocenters. The lowest BCUT2D eigenvalue weighted by Crippen LogP contribution is -2.28. The van der Waals surface area contributed by atoms with Gasteiger partial charge in [0.15, 0.2) is 0 Å². The van der Waals surface area contributed by atoms with Gasteiger partial charge < -0.3 is 10.7 Å². The molecular weight excluding hydrogens is 283 g/mol. The highest BCUT2D eigenvalue weighted by atomic mass is 19.1. The summed E-state index contributed by atoms with van der Waals surface area (Å²) in [4.78, 5) is 9.14. The van der Waals surface area contributed by atoms with Gasteiger partial charge in [-0.15, -0.1) is 0 Å². The van der Waals surface area contributed by atoms with Crippen molar-refractivity contribution in [1.82, 2.24) is 15.0 Å². The molecule has 0 aliphatic carbocycles. The lowest BCUT2D eigenvalue weighted by Gasteiger charge is -2.21. The van der Waals surface area contributed by atoms with Crippen LogP contribution >= 0.6 is 0 Å². The molecule has 22 heavy (non-hydrogen) atoms. The number of aromatic nitrogens is 2. The SMILES string of the molecule is Cn1c2c3c(nc1=NCc1cccc(F)c1)NCCC3NN2. The Morgan fingerprint density at radius 3 is 3.23 bits per heavy atom. The molecule has 3 N–H and O–H groups in total. The van der Waals surface area contributed by atoms with Crippen LogP contribution in [-0.2, 0) is 13.6 Å². The molecule has 1 unspecified atom stereocenters. The quantitative estimate of drug-likeness (QED) is 0.785. The molecule has 7 heteroatoms. The Labute approximate surface area is 127 Å². The van der Waals surface area contributed by atoms with Crippen molar-refractivity contribution in [3.8, 4) is 0 Å². The Morgan fingerprint density at radius 2 is 2.36 bits per heavy atom. The second-order valence-corrected chi connectivity index (χ2v) is 5.57. The molecule has 4 rings (SSSR count). The highest BCUT2D eigenvalue weighted by molar-refractivity contribution is 5.63. The molecule has 0 radical (unpaired) electrons. The van der Waals surface area contributed by atoms with Crippen molar-refractivity contribution in [3.63, 3.8) is 0 Å². The highest BCUT2D eigenvalue weighted by Gasteiger charge is 2.31. The summed E-state index contributed by atoms with van der Waals surface area (Å²) in [5.74, 6) is 1.62. The van der Waals surface area contributed by atoms with Gasteiger partial charge in [0.1, 0.15) is 17.5 Å². The van der Waals surface area contributed by atoms with E-state index in [0.717, 1.165) is 30.2 Å². The molecular formula is C15H17FN6. The zero-order valence-corrected chi connectivity index (χ0v) is 12.2. The minimum absolute atomic E-state index is 0.246. The predicted octanol–water partition coefficient (Wildman–Crippen LogP) is 1.45. The van der Waals surface area contributed by atoms with E-state index < -0.39 is 0 Å². The molecule has 0 saturated heterocycles. The number of hydrogen-bond acceptors (Lipinski definition) is 5. The zero-order valence-electron chi connectivity index (χ0n) is 12.2. The normalized spacial score (nSPS) is 19.5. The molecule has 0 spiro atoms. The molecule has 2 aliphatic heterocycles. The molecule has 0 saturated carbocycles. The van der Waals surface area contributed by atoms with Gasteiger partial charge in [-0.1, -0.05) is 12.1 Å². The van der Waals surface area contributed by atoms with Crippen molar-refractivity contribution in [1.29, 1.82) is 0 Å². The minimum atomic E-state index is -0.246. The van der Waals surface area contributed by atoms with Crippen LogP contribution in [0.15, 0.2) is 29.3 Å². The lowest BCUT2D eigenvalue weighted by molar-refractivity contribution is 0.574. The minimum Gasteiger partial charge on any atom is -0.369 e. The third kappa shape index (κ3) is 2.14. The van der Waals surface area contributed by atoms with Crippen molar-refractivity contribution in [2.45, 2.75) is 19.0 Å². The van der Waals surface area contributed by atoms with Crippen LogP contribution in [0, 0.1) is 5.82 Å². The van der Waals surface area contributed by atoms with Crippen molar-refractivity contribution in [2.24, 2.45) is 12.0 Å². The predicted molar refractivity (Wildman–Crippen MR) is 81.5 cm³/mol. The van der Waals surface area contributed by atoms with E-state index in [0.29, 0.717) is 18.2 Å². The standard InChI is InChI=1S/C15H17FN6/c1-22-14-12-11(20-21-14)5-6-17-13(12)19-15(22)18-8-9-3-2-4-10(16)7-9/h2-4,7,11,20-21H,5-6,8H2,1H3,(H,17,18,19). The highest BCUT2D eigenvalue weighted by Crippen LogP contribution is 2.36. The van der Waals surface area contributed by atoms with E-state index in [9.17, 15) is 4.39 Å². The summed E-state index contributed by atoms with van der Waals surface area (Å²) in [5, 5.41) is 3.32. The molecule has 114 valence electrons. The first-order valence-corrected chi connectivity index (χ1v) is 7.33. The summed E-state index contributed by atoms with van der Waals surface area (Å²) in [5.41, 5.74) is 9.09. The Morgan fingerprint density at radius 1 is 1.45 bits per heavy atom. The molecule has 1 aromatic heterocycles. The van der Waals surface area contributed by atoms with Crippen LogP contribution in [-0.4, -0.2) is 16.1 Å². The number of hydrogen-bond donors (Lipinski definition) is 3. The zero-order chi connectivity index (χ0) is 15.1. The monoisotopic (exact) mass is 300 g/mol. The first kappa shape index (κ1) is 13.3. The maximum atomic E-state index is 13.2. The largest absolute Gasteiger partial charge is 0.369 e. The van der Waals surface area contributed by atoms with E-state index in [1.807, 2.05) is 17.7 Å². The van der Waals surface area contributed by atoms with Gasteiger partial charge in [-0.3, -0.25) is 4.57 Å². The maximum Gasteiger partial charge on any atom is 0.228 e. The van der Waals surface area contributed by atoms with E-state index in [4.69, 9.17) is 0 Å². The summed E-state index contributed by atoms with van der Waals surface area (Å²) in [6.07, 6.45) is 1.02. The molecule has 1 aromatic carbocycles. The van der Waals surface area contributed by atoms with Crippen LogP contribution in [0.4, 0.5) is 16.0 Å². The smallest absolute Gasteiger partial charge is 0.228 e. The van der Waals surface area contributed by atoms with Crippen molar-refractivity contribution in [3.05, 3.63) is 46.8 Å². The first-order chi connectivity index (χ1) is 10.7. The van der Waals surface area contributed by atoms with Gasteiger partial charge in [-0.25, -0.2) is 14.8 Å². The molecule has 6 nitrogen and oxygen atoms in total. The summed E-state index contributed by atoms with van der Waals surface area (Å²) < 4.78 is 15.2. The number of hydrazine groups is 1. The average molecular weight is 300 g/mol. The number of nitrogens with zero attached hydrogens (tertiary/aromatic N) is 3. The Kier molecular flexibility index (Phi) is 3.07. The van der Waals surface area contributed by atoms with E-state index in [1.54, 1.807) is 6.07 Å². The van der Waals surface area contributed by atoms with Gasteiger partial charge in [0.2, 0.25) is 5.62 Å². The molecule has 2 aromatic rings. The number of anilines is 2. The molecule has 2 aliphatic rings. The summed E-state index contributed by atoms with van der Waals surface area (Å²) >= 11 is 0. The van der Waals surface area contributed by atoms with Gasteiger partial charge in [-0.05, 0) is 24.1 Å². The van der Waals surface area contributed by atoms with Crippen LogP contribution in [0.3, 0.4) is 0 Å². The van der Waals surface area contributed by atoms with E-state index >= 15 is 0 Å². The Balaban J connectivity index is 1.75. The van der Waals surface area contributed by atoms with Gasteiger partial charge >= 0.3 is 0 Å². The van der Waals surface area contributed by atoms with Crippen molar-refractivity contribution < 1.29 is 4.39 Å². The van der Waals surface area contributed by atoms with Crippen LogP contribution in [0.2, 0.25) is 0 Å². The Bertz CT molecular complexity index is 797. The first-order valence-electron chi connectivity index (χ1n) is 7.33.